The van der Waals surface area contributed by atoms with Gasteiger partial charge in [0.1, 0.15) is 5.69 Å². The lowest BCUT2D eigenvalue weighted by Gasteiger charge is -2.05. The molecule has 0 aliphatic heterocycles. The predicted molar refractivity (Wildman–Crippen MR) is 81.0 cm³/mol. The Labute approximate surface area is 126 Å². The molecule has 1 heterocycles. The van der Waals surface area contributed by atoms with Crippen molar-refractivity contribution in [3.63, 3.8) is 0 Å². The number of aromatic carboxylic acids is 1. The monoisotopic (exact) mass is 304 g/mol. The lowest BCUT2D eigenvalue weighted by atomic mass is 10.1. The van der Waals surface area contributed by atoms with Crippen LogP contribution in [0.4, 0.5) is 0 Å². The summed E-state index contributed by atoms with van der Waals surface area (Å²) in [4.78, 5) is 27.8. The van der Waals surface area contributed by atoms with E-state index in [1.54, 1.807) is 24.3 Å². The number of hydrogen-bond acceptors (Lipinski definition) is 4. The Morgan fingerprint density at radius 3 is 2.43 bits per heavy atom. The molecule has 0 saturated heterocycles. The van der Waals surface area contributed by atoms with E-state index in [1.807, 2.05) is 13.8 Å². The maximum absolute atomic E-state index is 12.0. The number of carbonyl (C=O) groups excluding carboxylic acids is 1. The van der Waals surface area contributed by atoms with Crippen LogP contribution in [0.1, 0.15) is 36.3 Å². The molecule has 0 aliphatic carbocycles. The minimum absolute atomic E-state index is 0.168. The zero-order chi connectivity index (χ0) is 15.4. The number of benzene rings is 1. The summed E-state index contributed by atoms with van der Waals surface area (Å²) in [5.74, 6) is -1.11. The van der Waals surface area contributed by atoms with Gasteiger partial charge in [0.25, 0.3) is 5.91 Å². The number of rotatable bonds is 5. The largest absolute Gasteiger partial charge is 0.478 e. The Balaban J connectivity index is 1.88. The van der Waals surface area contributed by atoms with Crippen molar-refractivity contribution in [3.8, 4) is 0 Å². The first-order valence-corrected chi connectivity index (χ1v) is 7.33. The van der Waals surface area contributed by atoms with Gasteiger partial charge in [0.2, 0.25) is 0 Å². The molecule has 6 heteroatoms. The zero-order valence-corrected chi connectivity index (χ0v) is 12.7. The first-order valence-electron chi connectivity index (χ1n) is 6.52. The molecule has 0 unspecified atom stereocenters. The molecule has 0 saturated carbocycles. The zero-order valence-electron chi connectivity index (χ0n) is 11.8. The molecule has 21 heavy (non-hydrogen) atoms. The van der Waals surface area contributed by atoms with Crippen molar-refractivity contribution in [1.82, 2.24) is 10.3 Å². The van der Waals surface area contributed by atoms with Gasteiger partial charge in [-0.05, 0) is 38.0 Å². The van der Waals surface area contributed by atoms with Gasteiger partial charge >= 0.3 is 5.97 Å². The van der Waals surface area contributed by atoms with Gasteiger partial charge in [-0.2, -0.15) is 0 Å². The van der Waals surface area contributed by atoms with E-state index in [1.165, 1.54) is 11.3 Å². The summed E-state index contributed by atoms with van der Waals surface area (Å²) in [6.07, 6.45) is 0.647. The van der Waals surface area contributed by atoms with Crippen LogP contribution in [0, 0.1) is 13.8 Å². The van der Waals surface area contributed by atoms with E-state index in [-0.39, 0.29) is 11.5 Å². The van der Waals surface area contributed by atoms with Crippen LogP contribution in [-0.2, 0) is 6.42 Å². The van der Waals surface area contributed by atoms with Gasteiger partial charge in [-0.3, -0.25) is 4.79 Å². The number of carboxylic acids is 1. The fraction of sp³-hybridized carbons (Fsp3) is 0.267. The van der Waals surface area contributed by atoms with Gasteiger partial charge in [0, 0.05) is 11.4 Å². The first-order chi connectivity index (χ1) is 9.97. The summed E-state index contributed by atoms with van der Waals surface area (Å²) in [7, 11) is 0. The maximum Gasteiger partial charge on any atom is 0.335 e. The van der Waals surface area contributed by atoms with Gasteiger partial charge < -0.3 is 10.4 Å². The van der Waals surface area contributed by atoms with Crippen molar-refractivity contribution in [2.45, 2.75) is 20.3 Å². The molecule has 1 aromatic heterocycles. The van der Waals surface area contributed by atoms with E-state index in [2.05, 4.69) is 10.3 Å². The number of hydrogen-bond donors (Lipinski definition) is 2. The Kier molecular flexibility index (Phi) is 4.70. The number of nitrogens with one attached hydrogen (secondary N) is 1. The number of aromatic nitrogens is 1. The van der Waals surface area contributed by atoms with E-state index in [0.717, 1.165) is 15.4 Å². The van der Waals surface area contributed by atoms with Crippen LogP contribution in [-0.4, -0.2) is 28.5 Å². The molecule has 0 aliphatic rings. The molecule has 0 atom stereocenters. The fourth-order valence-electron chi connectivity index (χ4n) is 1.96. The fourth-order valence-corrected chi connectivity index (χ4v) is 2.77. The second-order valence-corrected chi connectivity index (χ2v) is 6.05. The van der Waals surface area contributed by atoms with Gasteiger partial charge in [-0.25, -0.2) is 9.78 Å². The van der Waals surface area contributed by atoms with Crippen LogP contribution >= 0.6 is 11.3 Å². The molecule has 2 aromatic rings. The second kappa shape index (κ2) is 6.49. The molecule has 1 aromatic carbocycles. The Morgan fingerprint density at radius 2 is 1.90 bits per heavy atom. The van der Waals surface area contributed by atoms with Crippen LogP contribution in [0.2, 0.25) is 0 Å². The Hall–Kier alpha value is -2.21. The highest BCUT2D eigenvalue weighted by atomic mass is 32.1. The van der Waals surface area contributed by atoms with Crippen molar-refractivity contribution in [2.75, 3.05) is 6.54 Å². The molecule has 5 nitrogen and oxygen atoms in total. The van der Waals surface area contributed by atoms with Gasteiger partial charge in [0.05, 0.1) is 10.6 Å². The van der Waals surface area contributed by atoms with E-state index >= 15 is 0 Å². The number of aryl methyl sites for hydroxylation is 2. The average molecular weight is 304 g/mol. The smallest absolute Gasteiger partial charge is 0.335 e. The highest BCUT2D eigenvalue weighted by molar-refractivity contribution is 7.11. The number of thiazole rings is 1. The van der Waals surface area contributed by atoms with Gasteiger partial charge in [-0.1, -0.05) is 12.1 Å². The van der Waals surface area contributed by atoms with Crippen LogP contribution < -0.4 is 5.32 Å². The minimum Gasteiger partial charge on any atom is -0.478 e. The summed E-state index contributed by atoms with van der Waals surface area (Å²) in [5.41, 5.74) is 1.72. The van der Waals surface area contributed by atoms with E-state index in [4.69, 9.17) is 5.11 Å². The lowest BCUT2D eigenvalue weighted by molar-refractivity contribution is 0.0696. The second-order valence-electron chi connectivity index (χ2n) is 4.65. The third-order valence-electron chi connectivity index (χ3n) is 3.02. The Morgan fingerprint density at radius 1 is 1.24 bits per heavy atom. The average Bonchev–Trinajstić information content (AvgIpc) is 2.78. The van der Waals surface area contributed by atoms with Crippen LogP contribution in [0.3, 0.4) is 0 Å². The van der Waals surface area contributed by atoms with E-state index in [9.17, 15) is 9.59 Å². The normalized spacial score (nSPS) is 10.4. The van der Waals surface area contributed by atoms with E-state index < -0.39 is 5.97 Å². The molecule has 2 N–H and O–H groups in total. The van der Waals surface area contributed by atoms with Crippen LogP contribution in [0.5, 0.6) is 0 Å². The third-order valence-corrected chi connectivity index (χ3v) is 3.90. The number of carboxylic acid groups (broad SMARTS) is 1. The maximum atomic E-state index is 12.0. The Bertz CT molecular complexity index is 662. The molecule has 0 fully saturated rings. The summed E-state index contributed by atoms with van der Waals surface area (Å²) >= 11 is 1.50. The molecule has 1 amide bonds. The third kappa shape index (κ3) is 3.88. The summed E-state index contributed by atoms with van der Waals surface area (Å²) in [6.45, 7) is 4.24. The topological polar surface area (TPSA) is 79.3 Å². The van der Waals surface area contributed by atoms with Gasteiger partial charge in [-0.15, -0.1) is 11.3 Å². The molecular formula is C15H16N2O3S. The van der Waals surface area contributed by atoms with Crippen molar-refractivity contribution in [2.24, 2.45) is 0 Å². The lowest BCUT2D eigenvalue weighted by Crippen LogP contribution is -2.26. The first kappa shape index (κ1) is 15.2. The van der Waals surface area contributed by atoms with Crippen LogP contribution in [0.25, 0.3) is 0 Å². The molecule has 0 bridgehead atoms. The van der Waals surface area contributed by atoms with Crippen molar-refractivity contribution in [3.05, 3.63) is 51.0 Å². The minimum atomic E-state index is -0.941. The molecule has 0 spiro atoms. The van der Waals surface area contributed by atoms with Crippen molar-refractivity contribution in [1.29, 1.82) is 0 Å². The van der Waals surface area contributed by atoms with Crippen molar-refractivity contribution >= 4 is 23.2 Å². The van der Waals surface area contributed by atoms with Crippen molar-refractivity contribution < 1.29 is 14.7 Å². The number of nitrogens with zero attached hydrogens (tertiary/aromatic N) is 1. The SMILES string of the molecule is Cc1nc(C(=O)NCCc2ccc(C(=O)O)cc2)c(C)s1. The van der Waals surface area contributed by atoms with Gasteiger partial charge in [0.15, 0.2) is 0 Å². The highest BCUT2D eigenvalue weighted by Gasteiger charge is 2.13. The summed E-state index contributed by atoms with van der Waals surface area (Å²) < 4.78 is 0. The molecular weight excluding hydrogens is 288 g/mol. The quantitative estimate of drug-likeness (QED) is 0.889. The summed E-state index contributed by atoms with van der Waals surface area (Å²) in [5, 5.41) is 12.5. The predicted octanol–water partition coefficient (Wildman–Crippen LogP) is 2.43. The standard InChI is InChI=1S/C15H16N2O3S/c1-9-13(17-10(2)21-9)14(18)16-8-7-11-3-5-12(6-4-11)15(19)20/h3-6H,7-8H2,1-2H3,(H,16,18)(H,19,20). The van der Waals surface area contributed by atoms with Crippen LogP contribution in [0.15, 0.2) is 24.3 Å². The number of amides is 1. The van der Waals surface area contributed by atoms with E-state index in [0.29, 0.717) is 18.7 Å². The molecule has 0 radical (unpaired) electrons. The molecule has 110 valence electrons. The summed E-state index contributed by atoms with van der Waals surface area (Å²) in [6, 6.07) is 6.64. The molecule has 2 rings (SSSR count). The number of carbonyl (C=O) groups is 2. The highest BCUT2D eigenvalue weighted by Crippen LogP contribution is 2.16.